The Morgan fingerprint density at radius 1 is 1.04 bits per heavy atom. The van der Waals surface area contributed by atoms with Crippen LogP contribution in [0.25, 0.3) is 11.4 Å². The number of piperazine rings is 1. The van der Waals surface area contributed by atoms with Gasteiger partial charge in [-0.25, -0.2) is 0 Å². The zero-order valence-electron chi connectivity index (χ0n) is 12.8. The third kappa shape index (κ3) is 3.28. The molecule has 1 aromatic carbocycles. The van der Waals surface area contributed by atoms with Crippen molar-refractivity contribution in [1.29, 1.82) is 0 Å². The van der Waals surface area contributed by atoms with E-state index in [1.54, 1.807) is 11.3 Å². The first-order valence-electron chi connectivity index (χ1n) is 7.76. The molecule has 3 aromatic rings. The molecule has 0 spiro atoms. The fraction of sp³-hybridized carbons (Fsp3) is 0.294. The van der Waals surface area contributed by atoms with Crippen LogP contribution >= 0.6 is 11.3 Å². The van der Waals surface area contributed by atoms with E-state index in [0.717, 1.165) is 38.3 Å². The molecule has 0 aliphatic carbocycles. The molecule has 1 aliphatic heterocycles. The van der Waals surface area contributed by atoms with Crippen LogP contribution in [0.1, 0.15) is 5.89 Å². The van der Waals surface area contributed by atoms with Gasteiger partial charge in [0, 0.05) is 42.8 Å². The fourth-order valence-corrected chi connectivity index (χ4v) is 3.46. The molecular weight excluding hydrogens is 308 g/mol. The zero-order valence-corrected chi connectivity index (χ0v) is 13.6. The summed E-state index contributed by atoms with van der Waals surface area (Å²) in [5.74, 6) is 1.38. The van der Waals surface area contributed by atoms with E-state index in [9.17, 15) is 0 Å². The van der Waals surface area contributed by atoms with E-state index in [1.165, 1.54) is 5.69 Å². The van der Waals surface area contributed by atoms with Crippen LogP contribution in [0.2, 0.25) is 0 Å². The second-order valence-corrected chi connectivity index (χ2v) is 6.40. The Morgan fingerprint density at radius 2 is 1.87 bits per heavy atom. The molecule has 0 atom stereocenters. The summed E-state index contributed by atoms with van der Waals surface area (Å²) in [5.41, 5.74) is 2.32. The molecule has 23 heavy (non-hydrogen) atoms. The predicted molar refractivity (Wildman–Crippen MR) is 91.5 cm³/mol. The average Bonchev–Trinajstić information content (AvgIpc) is 3.28. The average molecular weight is 326 g/mol. The molecule has 0 N–H and O–H groups in total. The lowest BCUT2D eigenvalue weighted by molar-refractivity contribution is 0.215. The predicted octanol–water partition coefficient (Wildman–Crippen LogP) is 3.12. The van der Waals surface area contributed by atoms with Crippen molar-refractivity contribution in [2.24, 2.45) is 0 Å². The van der Waals surface area contributed by atoms with Crippen molar-refractivity contribution in [1.82, 2.24) is 15.0 Å². The van der Waals surface area contributed by atoms with Crippen molar-refractivity contribution in [3.8, 4) is 11.4 Å². The van der Waals surface area contributed by atoms with Gasteiger partial charge < -0.3 is 9.42 Å². The van der Waals surface area contributed by atoms with E-state index < -0.39 is 0 Å². The molecule has 2 aromatic heterocycles. The highest BCUT2D eigenvalue weighted by Gasteiger charge is 2.19. The van der Waals surface area contributed by atoms with Crippen molar-refractivity contribution in [3.63, 3.8) is 0 Å². The summed E-state index contributed by atoms with van der Waals surface area (Å²) >= 11 is 1.64. The summed E-state index contributed by atoms with van der Waals surface area (Å²) in [6, 6.07) is 12.6. The molecule has 0 bridgehead atoms. The van der Waals surface area contributed by atoms with Gasteiger partial charge in [-0.3, -0.25) is 4.90 Å². The van der Waals surface area contributed by atoms with Crippen molar-refractivity contribution in [2.75, 3.05) is 31.1 Å². The number of aromatic nitrogens is 2. The van der Waals surface area contributed by atoms with Gasteiger partial charge in [0.15, 0.2) is 0 Å². The number of anilines is 1. The molecule has 0 radical (unpaired) electrons. The fourth-order valence-electron chi connectivity index (χ4n) is 2.82. The Labute approximate surface area is 139 Å². The van der Waals surface area contributed by atoms with Gasteiger partial charge in [-0.1, -0.05) is 23.4 Å². The summed E-state index contributed by atoms with van der Waals surface area (Å²) in [6.45, 7) is 4.78. The highest BCUT2D eigenvalue weighted by atomic mass is 32.1. The molecular formula is C17H18N4OS. The van der Waals surface area contributed by atoms with Crippen LogP contribution in [0.3, 0.4) is 0 Å². The van der Waals surface area contributed by atoms with Gasteiger partial charge >= 0.3 is 0 Å². The maximum absolute atomic E-state index is 5.39. The molecule has 5 nitrogen and oxygen atoms in total. The normalized spacial score (nSPS) is 15.9. The molecule has 1 aliphatic rings. The molecule has 0 saturated carbocycles. The van der Waals surface area contributed by atoms with E-state index in [2.05, 4.69) is 50.3 Å². The first-order chi connectivity index (χ1) is 11.4. The lowest BCUT2D eigenvalue weighted by atomic mass is 10.2. The van der Waals surface area contributed by atoms with Crippen LogP contribution in [-0.4, -0.2) is 41.2 Å². The zero-order chi connectivity index (χ0) is 15.5. The highest BCUT2D eigenvalue weighted by Crippen LogP contribution is 2.20. The number of hydrogen-bond donors (Lipinski definition) is 0. The summed E-state index contributed by atoms with van der Waals surface area (Å²) in [6.07, 6.45) is 0. The summed E-state index contributed by atoms with van der Waals surface area (Å²) < 4.78 is 5.39. The number of thiophene rings is 1. The Bertz CT molecular complexity index is 733. The maximum Gasteiger partial charge on any atom is 0.241 e. The van der Waals surface area contributed by atoms with Gasteiger partial charge in [0.25, 0.3) is 0 Å². The maximum atomic E-state index is 5.39. The van der Waals surface area contributed by atoms with Crippen LogP contribution in [0, 0.1) is 0 Å². The summed E-state index contributed by atoms with van der Waals surface area (Å²) in [5, 5.41) is 8.13. The molecule has 6 heteroatoms. The Hall–Kier alpha value is -2.18. The van der Waals surface area contributed by atoms with Crippen LogP contribution in [0.4, 0.5) is 5.69 Å². The van der Waals surface area contributed by atoms with Gasteiger partial charge in [0.05, 0.1) is 6.54 Å². The van der Waals surface area contributed by atoms with Crippen molar-refractivity contribution >= 4 is 17.0 Å². The van der Waals surface area contributed by atoms with E-state index in [1.807, 2.05) is 16.8 Å². The van der Waals surface area contributed by atoms with E-state index >= 15 is 0 Å². The lowest BCUT2D eigenvalue weighted by Gasteiger charge is -2.35. The van der Waals surface area contributed by atoms with Gasteiger partial charge in [0.1, 0.15) is 0 Å². The number of benzene rings is 1. The smallest absolute Gasteiger partial charge is 0.241 e. The quantitative estimate of drug-likeness (QED) is 0.737. The third-order valence-electron chi connectivity index (χ3n) is 4.10. The topological polar surface area (TPSA) is 45.4 Å². The number of para-hydroxylation sites is 1. The Balaban J connectivity index is 1.35. The minimum absolute atomic E-state index is 0.684. The van der Waals surface area contributed by atoms with Crippen LogP contribution in [0.5, 0.6) is 0 Å². The minimum Gasteiger partial charge on any atom is -0.369 e. The van der Waals surface area contributed by atoms with Gasteiger partial charge in [0.2, 0.25) is 11.7 Å². The van der Waals surface area contributed by atoms with Crippen molar-refractivity contribution in [3.05, 3.63) is 53.0 Å². The Morgan fingerprint density at radius 3 is 2.61 bits per heavy atom. The lowest BCUT2D eigenvalue weighted by Crippen LogP contribution is -2.46. The van der Waals surface area contributed by atoms with E-state index in [4.69, 9.17) is 4.52 Å². The minimum atomic E-state index is 0.684. The van der Waals surface area contributed by atoms with Gasteiger partial charge in [-0.05, 0) is 23.6 Å². The third-order valence-corrected chi connectivity index (χ3v) is 4.78. The molecule has 1 fully saturated rings. The second kappa shape index (κ2) is 6.52. The van der Waals surface area contributed by atoms with Crippen molar-refractivity contribution in [2.45, 2.75) is 6.54 Å². The van der Waals surface area contributed by atoms with E-state index in [-0.39, 0.29) is 0 Å². The van der Waals surface area contributed by atoms with Gasteiger partial charge in [-0.2, -0.15) is 16.3 Å². The SMILES string of the molecule is c1ccc(N2CCN(Cc3nc(-c4ccsc4)no3)CC2)cc1. The largest absolute Gasteiger partial charge is 0.369 e. The molecule has 0 amide bonds. The molecule has 118 valence electrons. The van der Waals surface area contributed by atoms with Crippen LogP contribution in [-0.2, 0) is 6.54 Å². The highest BCUT2D eigenvalue weighted by molar-refractivity contribution is 7.08. The van der Waals surface area contributed by atoms with Crippen molar-refractivity contribution < 1.29 is 4.52 Å². The standard InChI is InChI=1S/C17H18N4OS/c1-2-4-15(5-3-1)21-9-7-20(8-10-21)12-16-18-17(19-22-16)14-6-11-23-13-14/h1-6,11,13H,7-10,12H2. The first kappa shape index (κ1) is 14.4. The molecule has 0 unspecified atom stereocenters. The monoisotopic (exact) mass is 326 g/mol. The second-order valence-electron chi connectivity index (χ2n) is 5.62. The van der Waals surface area contributed by atoms with E-state index in [0.29, 0.717) is 11.7 Å². The van der Waals surface area contributed by atoms with Crippen LogP contribution < -0.4 is 4.90 Å². The summed E-state index contributed by atoms with van der Waals surface area (Å²) in [4.78, 5) is 9.28. The Kier molecular flexibility index (Phi) is 4.08. The van der Waals surface area contributed by atoms with Gasteiger partial charge in [-0.15, -0.1) is 0 Å². The number of nitrogens with zero attached hydrogens (tertiary/aromatic N) is 4. The molecule has 3 heterocycles. The number of hydrogen-bond acceptors (Lipinski definition) is 6. The first-order valence-corrected chi connectivity index (χ1v) is 8.70. The molecule has 4 rings (SSSR count). The molecule has 1 saturated heterocycles. The summed E-state index contributed by atoms with van der Waals surface area (Å²) in [7, 11) is 0. The van der Waals surface area contributed by atoms with Crippen LogP contribution in [0.15, 0.2) is 51.7 Å². The number of rotatable bonds is 4.